The zero-order chi connectivity index (χ0) is 13.4. The number of hydrogen-bond donors (Lipinski definition) is 1. The van der Waals surface area contributed by atoms with Crippen LogP contribution in [0.5, 0.6) is 0 Å². The smallest absolute Gasteiger partial charge is 0.182 e. The van der Waals surface area contributed by atoms with Gasteiger partial charge in [-0.15, -0.1) is 0 Å². The molecule has 96 valence electrons. The molecule has 19 heavy (non-hydrogen) atoms. The highest BCUT2D eigenvalue weighted by molar-refractivity contribution is 7.71. The van der Waals surface area contributed by atoms with Gasteiger partial charge in [-0.25, -0.2) is 0 Å². The fraction of sp³-hybridized carbons (Fsp3) is 0.133. The molecule has 0 fully saturated rings. The van der Waals surface area contributed by atoms with Gasteiger partial charge in [0.1, 0.15) is 0 Å². The molecule has 0 aliphatic carbocycles. The number of halogens is 1. The lowest BCUT2D eigenvalue weighted by molar-refractivity contribution is 1.01. The number of aromatic nitrogens is 2. The minimum atomic E-state index is 0.693. The van der Waals surface area contributed by atoms with Crippen LogP contribution in [0.15, 0.2) is 42.5 Å². The van der Waals surface area contributed by atoms with Crippen LogP contribution in [0.4, 0.5) is 0 Å². The van der Waals surface area contributed by atoms with Crippen molar-refractivity contribution in [3.63, 3.8) is 0 Å². The van der Waals surface area contributed by atoms with Crippen LogP contribution in [-0.2, 0) is 6.42 Å². The first kappa shape index (κ1) is 12.5. The van der Waals surface area contributed by atoms with Crippen molar-refractivity contribution in [2.75, 3.05) is 0 Å². The summed E-state index contributed by atoms with van der Waals surface area (Å²) in [5, 5.41) is 0.712. The number of para-hydroxylation sites is 1. The maximum atomic E-state index is 6.10. The van der Waals surface area contributed by atoms with E-state index in [0.29, 0.717) is 9.79 Å². The van der Waals surface area contributed by atoms with Crippen molar-refractivity contribution in [2.24, 2.45) is 0 Å². The summed E-state index contributed by atoms with van der Waals surface area (Å²) in [6.07, 6.45) is 0.963. The molecule has 3 rings (SSSR count). The quantitative estimate of drug-likeness (QED) is 0.665. The van der Waals surface area contributed by atoms with E-state index in [-0.39, 0.29) is 0 Å². The van der Waals surface area contributed by atoms with E-state index < -0.39 is 0 Å². The van der Waals surface area contributed by atoms with Gasteiger partial charge in [-0.1, -0.05) is 36.7 Å². The molecule has 0 atom stereocenters. The number of aryl methyl sites for hydroxylation is 1. The van der Waals surface area contributed by atoms with E-state index >= 15 is 0 Å². The molecule has 0 bridgehead atoms. The SMILES string of the molecule is CCc1ccccc1-n1c(=S)[nH]c2ccc(Cl)cc21. The Morgan fingerprint density at radius 3 is 2.79 bits per heavy atom. The van der Waals surface area contributed by atoms with E-state index in [1.165, 1.54) is 5.56 Å². The lowest BCUT2D eigenvalue weighted by Gasteiger charge is -2.09. The molecule has 0 saturated carbocycles. The fourth-order valence-corrected chi connectivity index (χ4v) is 2.82. The van der Waals surface area contributed by atoms with Gasteiger partial charge in [0.25, 0.3) is 0 Å². The molecular formula is C15H13ClN2S. The Morgan fingerprint density at radius 1 is 1.21 bits per heavy atom. The van der Waals surface area contributed by atoms with Gasteiger partial charge in [-0.3, -0.25) is 4.57 Å². The van der Waals surface area contributed by atoms with Crippen LogP contribution >= 0.6 is 23.8 Å². The largest absolute Gasteiger partial charge is 0.330 e. The first-order chi connectivity index (χ1) is 9.20. The third-order valence-electron chi connectivity index (χ3n) is 3.26. The van der Waals surface area contributed by atoms with Crippen LogP contribution in [-0.4, -0.2) is 9.55 Å². The van der Waals surface area contributed by atoms with E-state index in [0.717, 1.165) is 23.1 Å². The van der Waals surface area contributed by atoms with Crippen LogP contribution in [0, 0.1) is 4.77 Å². The Balaban J connectivity index is 2.39. The monoisotopic (exact) mass is 288 g/mol. The molecule has 0 amide bonds. The van der Waals surface area contributed by atoms with Gasteiger partial charge >= 0.3 is 0 Å². The number of fused-ring (bicyclic) bond motifs is 1. The van der Waals surface area contributed by atoms with Gasteiger partial charge in [-0.2, -0.15) is 0 Å². The van der Waals surface area contributed by atoms with Crippen molar-refractivity contribution < 1.29 is 0 Å². The molecule has 0 aliphatic heterocycles. The summed E-state index contributed by atoms with van der Waals surface area (Å²) in [6.45, 7) is 2.14. The predicted octanol–water partition coefficient (Wildman–Crippen LogP) is 4.90. The Kier molecular flexibility index (Phi) is 3.17. The molecule has 2 nitrogen and oxygen atoms in total. The summed E-state index contributed by atoms with van der Waals surface area (Å²) >= 11 is 11.5. The molecule has 2 aromatic carbocycles. The number of H-pyrrole nitrogens is 1. The van der Waals surface area contributed by atoms with Crippen molar-refractivity contribution in [2.45, 2.75) is 13.3 Å². The van der Waals surface area contributed by atoms with Crippen molar-refractivity contribution in [1.29, 1.82) is 0 Å². The highest BCUT2D eigenvalue weighted by atomic mass is 35.5. The second-order valence-corrected chi connectivity index (χ2v) is 5.23. The highest BCUT2D eigenvalue weighted by Crippen LogP contribution is 2.25. The van der Waals surface area contributed by atoms with Crippen molar-refractivity contribution >= 4 is 34.9 Å². The van der Waals surface area contributed by atoms with Crippen LogP contribution in [0.3, 0.4) is 0 Å². The molecule has 3 aromatic rings. The van der Waals surface area contributed by atoms with E-state index in [1.807, 2.05) is 30.3 Å². The standard InChI is InChI=1S/C15H13ClN2S/c1-2-10-5-3-4-6-13(10)18-14-9-11(16)7-8-12(14)17-15(18)19/h3-9H,2H2,1H3,(H,17,19). The molecule has 1 aromatic heterocycles. The van der Waals surface area contributed by atoms with Gasteiger partial charge in [0, 0.05) is 5.02 Å². The Labute approximate surface area is 121 Å². The third kappa shape index (κ3) is 2.09. The minimum Gasteiger partial charge on any atom is -0.330 e. The van der Waals surface area contributed by atoms with Crippen molar-refractivity contribution in [3.05, 3.63) is 57.8 Å². The second-order valence-electron chi connectivity index (χ2n) is 4.41. The molecule has 0 aliphatic rings. The fourth-order valence-electron chi connectivity index (χ4n) is 2.34. The van der Waals surface area contributed by atoms with Gasteiger partial charge in [0.2, 0.25) is 0 Å². The number of nitrogens with zero attached hydrogens (tertiary/aromatic N) is 1. The topological polar surface area (TPSA) is 20.7 Å². The average Bonchev–Trinajstić information content (AvgIpc) is 2.74. The van der Waals surface area contributed by atoms with Gasteiger partial charge in [-0.05, 0) is 48.5 Å². The Hall–Kier alpha value is -1.58. The third-order valence-corrected chi connectivity index (χ3v) is 3.78. The number of rotatable bonds is 2. The normalized spacial score (nSPS) is 11.1. The lowest BCUT2D eigenvalue weighted by Crippen LogP contribution is -1.98. The van der Waals surface area contributed by atoms with Crippen LogP contribution in [0.2, 0.25) is 5.02 Å². The summed E-state index contributed by atoms with van der Waals surface area (Å²) < 4.78 is 2.74. The van der Waals surface area contributed by atoms with E-state index in [9.17, 15) is 0 Å². The van der Waals surface area contributed by atoms with Gasteiger partial charge in [0.05, 0.1) is 16.7 Å². The average molecular weight is 289 g/mol. The second kappa shape index (κ2) is 4.83. The minimum absolute atomic E-state index is 0.693. The number of hydrogen-bond acceptors (Lipinski definition) is 1. The summed E-state index contributed by atoms with van der Waals surface area (Å²) in [5.41, 5.74) is 4.39. The first-order valence-electron chi connectivity index (χ1n) is 6.19. The molecule has 1 heterocycles. The molecule has 0 spiro atoms. The molecule has 0 radical (unpaired) electrons. The van der Waals surface area contributed by atoms with E-state index in [2.05, 4.69) is 28.6 Å². The Morgan fingerprint density at radius 2 is 2.00 bits per heavy atom. The summed E-state index contributed by atoms with van der Waals surface area (Å²) in [5.74, 6) is 0. The van der Waals surface area contributed by atoms with Gasteiger partial charge < -0.3 is 4.98 Å². The maximum Gasteiger partial charge on any atom is 0.182 e. The highest BCUT2D eigenvalue weighted by Gasteiger charge is 2.09. The van der Waals surface area contributed by atoms with Crippen molar-refractivity contribution in [3.8, 4) is 5.69 Å². The van der Waals surface area contributed by atoms with E-state index in [4.69, 9.17) is 23.8 Å². The lowest BCUT2D eigenvalue weighted by atomic mass is 10.1. The summed E-state index contributed by atoms with van der Waals surface area (Å²) in [7, 11) is 0. The Bertz CT molecular complexity index is 801. The molecule has 0 saturated heterocycles. The predicted molar refractivity (Wildman–Crippen MR) is 82.8 cm³/mol. The number of imidazole rings is 1. The van der Waals surface area contributed by atoms with Crippen LogP contribution in [0.25, 0.3) is 16.7 Å². The van der Waals surface area contributed by atoms with Crippen LogP contribution < -0.4 is 0 Å². The first-order valence-corrected chi connectivity index (χ1v) is 6.98. The van der Waals surface area contributed by atoms with Gasteiger partial charge in [0.15, 0.2) is 4.77 Å². The van der Waals surface area contributed by atoms with E-state index in [1.54, 1.807) is 0 Å². The molecule has 4 heteroatoms. The summed E-state index contributed by atoms with van der Waals surface area (Å²) in [4.78, 5) is 3.22. The molecule has 0 unspecified atom stereocenters. The number of benzene rings is 2. The number of nitrogens with one attached hydrogen (secondary N) is 1. The maximum absolute atomic E-state index is 6.10. The zero-order valence-corrected chi connectivity index (χ0v) is 12.1. The van der Waals surface area contributed by atoms with Crippen LogP contribution in [0.1, 0.15) is 12.5 Å². The molecular weight excluding hydrogens is 276 g/mol. The molecule has 1 N–H and O–H groups in total. The number of aromatic amines is 1. The zero-order valence-electron chi connectivity index (χ0n) is 10.5. The van der Waals surface area contributed by atoms with Crippen molar-refractivity contribution in [1.82, 2.24) is 9.55 Å². The summed E-state index contributed by atoms with van der Waals surface area (Å²) in [6, 6.07) is 14.1.